The van der Waals surface area contributed by atoms with Gasteiger partial charge in [-0.25, -0.2) is 8.42 Å². The van der Waals surface area contributed by atoms with E-state index in [0.717, 1.165) is 19.3 Å². The van der Waals surface area contributed by atoms with E-state index in [1.807, 2.05) is 0 Å². The fourth-order valence-corrected chi connectivity index (χ4v) is 4.17. The second-order valence-electron chi connectivity index (χ2n) is 5.52. The molecule has 0 atom stereocenters. The van der Waals surface area contributed by atoms with E-state index in [0.29, 0.717) is 6.54 Å². The quantitative estimate of drug-likeness (QED) is 0.819. The van der Waals surface area contributed by atoms with E-state index >= 15 is 0 Å². The van der Waals surface area contributed by atoms with Gasteiger partial charge in [-0.3, -0.25) is 4.79 Å². The van der Waals surface area contributed by atoms with Crippen molar-refractivity contribution >= 4 is 48.8 Å². The smallest absolute Gasteiger partial charge is 0.262 e. The minimum absolute atomic E-state index is 0.0667. The molecule has 2 rings (SSSR count). The van der Waals surface area contributed by atoms with Gasteiger partial charge in [0.2, 0.25) is 0 Å². The van der Waals surface area contributed by atoms with Crippen molar-refractivity contribution in [2.24, 2.45) is 5.41 Å². The van der Waals surface area contributed by atoms with Gasteiger partial charge in [0.15, 0.2) is 0 Å². The highest BCUT2D eigenvalue weighted by molar-refractivity contribution is 8.13. The predicted octanol–water partition coefficient (Wildman–Crippen LogP) is 3.84. The normalized spacial score (nSPS) is 17.1. The molecule has 1 saturated carbocycles. The van der Waals surface area contributed by atoms with E-state index < -0.39 is 15.0 Å². The van der Waals surface area contributed by atoms with Crippen LogP contribution in [0.15, 0.2) is 17.0 Å². The maximum Gasteiger partial charge on any atom is 0.262 e. The lowest BCUT2D eigenvalue weighted by Crippen LogP contribution is -2.40. The van der Waals surface area contributed by atoms with Crippen LogP contribution in [0.3, 0.4) is 0 Å². The van der Waals surface area contributed by atoms with Crippen LogP contribution in [0, 0.1) is 5.41 Å². The van der Waals surface area contributed by atoms with Gasteiger partial charge in [0.05, 0.1) is 15.6 Å². The van der Waals surface area contributed by atoms with Crippen LogP contribution in [-0.4, -0.2) is 20.9 Å². The van der Waals surface area contributed by atoms with Crippen LogP contribution >= 0.6 is 33.9 Å². The summed E-state index contributed by atoms with van der Waals surface area (Å²) in [6.45, 7) is 2.58. The SMILES string of the molecule is CC1(CNC(=O)c2c(Cl)ccc(S(=O)(=O)Cl)c2Cl)CCC1. The molecule has 0 spiro atoms. The molecular formula is C13H14Cl3NO3S. The van der Waals surface area contributed by atoms with Crippen molar-refractivity contribution in [1.82, 2.24) is 5.32 Å². The number of rotatable bonds is 4. The lowest BCUT2D eigenvalue weighted by atomic mass is 9.70. The van der Waals surface area contributed by atoms with Crippen LogP contribution in [-0.2, 0) is 9.05 Å². The van der Waals surface area contributed by atoms with E-state index in [9.17, 15) is 13.2 Å². The van der Waals surface area contributed by atoms with Crippen LogP contribution in [0.2, 0.25) is 10.0 Å². The fourth-order valence-electron chi connectivity index (χ4n) is 2.27. The molecule has 116 valence electrons. The van der Waals surface area contributed by atoms with Crippen molar-refractivity contribution in [3.8, 4) is 0 Å². The summed E-state index contributed by atoms with van der Waals surface area (Å²) < 4.78 is 22.8. The summed E-state index contributed by atoms with van der Waals surface area (Å²) in [6, 6.07) is 2.47. The van der Waals surface area contributed by atoms with Crippen LogP contribution in [0.25, 0.3) is 0 Å². The highest BCUT2D eigenvalue weighted by Gasteiger charge is 2.32. The summed E-state index contributed by atoms with van der Waals surface area (Å²) in [4.78, 5) is 11.9. The maximum atomic E-state index is 12.2. The van der Waals surface area contributed by atoms with Gasteiger partial charge in [-0.15, -0.1) is 0 Å². The highest BCUT2D eigenvalue weighted by atomic mass is 35.7. The van der Waals surface area contributed by atoms with Crippen molar-refractivity contribution in [3.05, 3.63) is 27.7 Å². The van der Waals surface area contributed by atoms with Gasteiger partial charge in [0, 0.05) is 17.2 Å². The minimum atomic E-state index is -4.04. The average molecular weight is 371 g/mol. The second-order valence-corrected chi connectivity index (χ2v) is 8.84. The Morgan fingerprint density at radius 1 is 1.33 bits per heavy atom. The molecule has 1 aromatic rings. The van der Waals surface area contributed by atoms with Gasteiger partial charge < -0.3 is 5.32 Å². The number of benzene rings is 1. The fraction of sp³-hybridized carbons (Fsp3) is 0.462. The molecule has 1 amide bonds. The minimum Gasteiger partial charge on any atom is -0.351 e. The number of amides is 1. The zero-order chi connectivity index (χ0) is 15.8. The van der Waals surface area contributed by atoms with Crippen molar-refractivity contribution in [2.45, 2.75) is 31.1 Å². The lowest BCUT2D eigenvalue weighted by molar-refractivity contribution is 0.0891. The number of hydrogen-bond acceptors (Lipinski definition) is 3. The van der Waals surface area contributed by atoms with Gasteiger partial charge in [-0.1, -0.05) is 36.5 Å². The van der Waals surface area contributed by atoms with Crippen LogP contribution < -0.4 is 5.32 Å². The molecule has 0 unspecified atom stereocenters. The molecule has 0 aliphatic heterocycles. The summed E-state index contributed by atoms with van der Waals surface area (Å²) in [7, 11) is 1.25. The Kier molecular flexibility index (Phi) is 4.78. The molecule has 4 nitrogen and oxygen atoms in total. The van der Waals surface area contributed by atoms with Crippen molar-refractivity contribution in [1.29, 1.82) is 0 Å². The summed E-state index contributed by atoms with van der Waals surface area (Å²) in [5.41, 5.74) is 0.0214. The van der Waals surface area contributed by atoms with Crippen molar-refractivity contribution in [3.63, 3.8) is 0 Å². The molecular weight excluding hydrogens is 357 g/mol. The molecule has 1 aliphatic rings. The Balaban J connectivity index is 2.28. The van der Waals surface area contributed by atoms with E-state index in [2.05, 4.69) is 12.2 Å². The van der Waals surface area contributed by atoms with Crippen LogP contribution in [0.5, 0.6) is 0 Å². The van der Waals surface area contributed by atoms with Crippen molar-refractivity contribution in [2.75, 3.05) is 6.54 Å². The third-order valence-electron chi connectivity index (χ3n) is 3.78. The highest BCUT2D eigenvalue weighted by Crippen LogP contribution is 2.39. The van der Waals surface area contributed by atoms with Crippen molar-refractivity contribution < 1.29 is 13.2 Å². The van der Waals surface area contributed by atoms with Gasteiger partial charge in [0.25, 0.3) is 15.0 Å². The maximum absolute atomic E-state index is 12.2. The Hall–Kier alpha value is -0.490. The molecule has 1 N–H and O–H groups in total. The van der Waals surface area contributed by atoms with Gasteiger partial charge in [0.1, 0.15) is 4.90 Å². The molecule has 0 bridgehead atoms. The largest absolute Gasteiger partial charge is 0.351 e. The number of nitrogens with one attached hydrogen (secondary N) is 1. The van der Waals surface area contributed by atoms with E-state index in [1.165, 1.54) is 12.1 Å². The summed E-state index contributed by atoms with van der Waals surface area (Å²) >= 11 is 11.9. The van der Waals surface area contributed by atoms with Gasteiger partial charge in [-0.05, 0) is 30.4 Å². The Morgan fingerprint density at radius 2 is 1.95 bits per heavy atom. The third kappa shape index (κ3) is 3.65. The van der Waals surface area contributed by atoms with E-state index in [-0.39, 0.29) is 25.9 Å². The second kappa shape index (κ2) is 5.95. The number of hydrogen-bond donors (Lipinski definition) is 1. The predicted molar refractivity (Wildman–Crippen MR) is 83.8 cm³/mol. The first kappa shape index (κ1) is 16.9. The van der Waals surface area contributed by atoms with Gasteiger partial charge >= 0.3 is 0 Å². The molecule has 0 heterocycles. The Morgan fingerprint density at radius 3 is 2.43 bits per heavy atom. The van der Waals surface area contributed by atoms with E-state index in [4.69, 9.17) is 33.9 Å². The monoisotopic (exact) mass is 369 g/mol. The van der Waals surface area contributed by atoms with Crippen LogP contribution in [0.1, 0.15) is 36.5 Å². The average Bonchev–Trinajstić information content (AvgIpc) is 2.32. The molecule has 0 aromatic heterocycles. The number of carbonyl (C=O) groups excluding carboxylic acids is 1. The molecule has 8 heteroatoms. The topological polar surface area (TPSA) is 63.2 Å². The first-order valence-corrected chi connectivity index (χ1v) is 9.41. The number of halogens is 3. The summed E-state index contributed by atoms with van der Waals surface area (Å²) in [6.07, 6.45) is 3.24. The number of carbonyl (C=O) groups is 1. The standard InChI is InChI=1S/C13H14Cl3NO3S/c1-13(5-2-6-13)7-17-12(18)10-8(14)3-4-9(11(10)15)21(16,19)20/h3-4H,2,5-7H2,1H3,(H,17,18). The molecule has 1 fully saturated rings. The van der Waals surface area contributed by atoms with Crippen LogP contribution in [0.4, 0.5) is 0 Å². The lowest BCUT2D eigenvalue weighted by Gasteiger charge is -2.38. The zero-order valence-electron chi connectivity index (χ0n) is 11.3. The third-order valence-corrected chi connectivity index (χ3v) is 5.97. The summed E-state index contributed by atoms with van der Waals surface area (Å²) in [5.74, 6) is -0.500. The molecule has 21 heavy (non-hydrogen) atoms. The summed E-state index contributed by atoms with van der Waals surface area (Å²) in [5, 5.41) is 2.58. The molecule has 1 aliphatic carbocycles. The first-order chi connectivity index (χ1) is 9.64. The Labute approximate surface area is 138 Å². The molecule has 0 saturated heterocycles. The Bertz CT molecular complexity index is 684. The van der Waals surface area contributed by atoms with Gasteiger partial charge in [-0.2, -0.15) is 0 Å². The zero-order valence-corrected chi connectivity index (χ0v) is 14.3. The van der Waals surface area contributed by atoms with E-state index in [1.54, 1.807) is 0 Å². The molecule has 0 radical (unpaired) electrons. The first-order valence-electron chi connectivity index (χ1n) is 6.35. The molecule has 1 aromatic carbocycles.